The van der Waals surface area contributed by atoms with Crippen LogP contribution in [-0.2, 0) is 23.4 Å². The van der Waals surface area contributed by atoms with Crippen molar-refractivity contribution in [1.29, 1.82) is 0 Å². The number of benzene rings is 2. The number of halogens is 10. The van der Waals surface area contributed by atoms with Gasteiger partial charge < -0.3 is 4.74 Å². The van der Waals surface area contributed by atoms with Crippen molar-refractivity contribution in [3.63, 3.8) is 0 Å². The Hall–Kier alpha value is -3.42. The monoisotopic (exact) mass is 550 g/mol. The van der Waals surface area contributed by atoms with Gasteiger partial charge >= 0.3 is 12.3 Å². The van der Waals surface area contributed by atoms with Gasteiger partial charge in [-0.3, -0.25) is 0 Å². The summed E-state index contributed by atoms with van der Waals surface area (Å²) in [6, 6.07) is 2.23. The Balaban J connectivity index is 1.74. The minimum absolute atomic E-state index is 0.199. The van der Waals surface area contributed by atoms with Gasteiger partial charge in [-0.2, -0.15) is 22.0 Å². The van der Waals surface area contributed by atoms with Gasteiger partial charge in [0, 0.05) is 11.6 Å². The van der Waals surface area contributed by atoms with Crippen molar-refractivity contribution in [3.05, 3.63) is 93.5 Å². The van der Waals surface area contributed by atoms with Gasteiger partial charge in [0.1, 0.15) is 46.0 Å². The van der Waals surface area contributed by atoms with Crippen LogP contribution in [0.5, 0.6) is 0 Å². The van der Waals surface area contributed by atoms with Crippen LogP contribution in [-0.4, -0.2) is 0 Å². The summed E-state index contributed by atoms with van der Waals surface area (Å²) in [5.74, 6) is -5.66. The highest BCUT2D eigenvalue weighted by molar-refractivity contribution is 5.41. The number of alkyl halides is 5. The van der Waals surface area contributed by atoms with Crippen LogP contribution in [0.25, 0.3) is 0 Å². The van der Waals surface area contributed by atoms with E-state index in [1.54, 1.807) is 0 Å². The Bertz CT molecular complexity index is 1270. The molecule has 1 aliphatic rings. The summed E-state index contributed by atoms with van der Waals surface area (Å²) in [7, 11) is 0. The van der Waals surface area contributed by atoms with E-state index in [0.717, 1.165) is 31.1 Å². The van der Waals surface area contributed by atoms with Crippen molar-refractivity contribution in [1.82, 2.24) is 0 Å². The van der Waals surface area contributed by atoms with Gasteiger partial charge in [0.25, 0.3) is 0 Å². The summed E-state index contributed by atoms with van der Waals surface area (Å²) >= 11 is 0. The maximum atomic E-state index is 14.6. The van der Waals surface area contributed by atoms with E-state index in [-0.39, 0.29) is 12.0 Å². The molecule has 11 heteroatoms. The molecule has 0 aromatic heterocycles. The molecule has 2 aromatic carbocycles. The van der Waals surface area contributed by atoms with E-state index in [4.69, 9.17) is 0 Å². The molecule has 0 saturated carbocycles. The number of allylic oxidation sites excluding steroid dienone is 3. The standard InChI is InChI=1S/C27H20F10O/c1-2-3-4-5-15-10-22(31)25(23(32)11-15)27(36,37)38-18-9-8-17(19(28)14-18)7-6-16-12-20(29)24(21(30)13-16)26(33,34)35/h9-14,17H,2-5,8H2,1H3. The molecule has 0 N–H and O–H groups in total. The lowest BCUT2D eigenvalue weighted by atomic mass is 9.98. The van der Waals surface area contributed by atoms with Gasteiger partial charge in [-0.15, -0.1) is 0 Å². The van der Waals surface area contributed by atoms with Gasteiger partial charge in [0.15, 0.2) is 0 Å². The molecular formula is C27H20F10O. The highest BCUT2D eigenvalue weighted by atomic mass is 19.4. The summed E-state index contributed by atoms with van der Waals surface area (Å²) in [5, 5.41) is 0. The van der Waals surface area contributed by atoms with E-state index in [2.05, 4.69) is 16.6 Å². The molecule has 0 heterocycles. The van der Waals surface area contributed by atoms with Crippen LogP contribution in [0.3, 0.4) is 0 Å². The molecule has 204 valence electrons. The Morgan fingerprint density at radius 2 is 1.42 bits per heavy atom. The Kier molecular flexibility index (Phi) is 8.85. The molecule has 2 aromatic rings. The molecule has 0 saturated heterocycles. The molecule has 3 rings (SSSR count). The molecular weight excluding hydrogens is 530 g/mol. The molecule has 1 unspecified atom stereocenters. The van der Waals surface area contributed by atoms with E-state index in [0.29, 0.717) is 31.1 Å². The molecule has 1 atom stereocenters. The van der Waals surface area contributed by atoms with E-state index in [1.807, 2.05) is 6.92 Å². The highest BCUT2D eigenvalue weighted by Gasteiger charge is 2.42. The summed E-state index contributed by atoms with van der Waals surface area (Å²) in [5.41, 5.74) is -4.05. The Morgan fingerprint density at radius 3 is 1.95 bits per heavy atom. The van der Waals surface area contributed by atoms with Crippen LogP contribution >= 0.6 is 0 Å². The summed E-state index contributed by atoms with van der Waals surface area (Å²) in [6.07, 6.45) is -6.14. The molecule has 1 nitrogen and oxygen atoms in total. The summed E-state index contributed by atoms with van der Waals surface area (Å²) in [4.78, 5) is 0. The average Bonchev–Trinajstić information content (AvgIpc) is 2.76. The van der Waals surface area contributed by atoms with Crippen LogP contribution in [0, 0.1) is 41.0 Å². The third-order valence-corrected chi connectivity index (χ3v) is 5.59. The van der Waals surface area contributed by atoms with E-state index in [9.17, 15) is 43.9 Å². The fourth-order valence-corrected chi connectivity index (χ4v) is 3.75. The van der Waals surface area contributed by atoms with Gasteiger partial charge in [-0.25, -0.2) is 22.0 Å². The first-order valence-electron chi connectivity index (χ1n) is 11.4. The second kappa shape index (κ2) is 11.5. The van der Waals surface area contributed by atoms with E-state index in [1.165, 1.54) is 0 Å². The second-order valence-corrected chi connectivity index (χ2v) is 8.52. The lowest BCUT2D eigenvalue weighted by molar-refractivity contribution is -0.225. The Morgan fingerprint density at radius 1 is 0.842 bits per heavy atom. The third kappa shape index (κ3) is 6.91. The van der Waals surface area contributed by atoms with E-state index >= 15 is 0 Å². The van der Waals surface area contributed by atoms with Gasteiger partial charge in [-0.05, 0) is 55.2 Å². The van der Waals surface area contributed by atoms with Gasteiger partial charge in [0.2, 0.25) is 0 Å². The Labute approximate surface area is 211 Å². The zero-order valence-electron chi connectivity index (χ0n) is 19.8. The smallest absolute Gasteiger partial charge is 0.429 e. The molecule has 38 heavy (non-hydrogen) atoms. The van der Waals surface area contributed by atoms with Crippen molar-refractivity contribution in [2.45, 2.75) is 51.3 Å². The number of hydrogen-bond donors (Lipinski definition) is 0. The number of unbranched alkanes of at least 4 members (excludes halogenated alkanes) is 2. The largest absolute Gasteiger partial charge is 0.432 e. The quantitative estimate of drug-likeness (QED) is 0.190. The zero-order valence-corrected chi connectivity index (χ0v) is 19.8. The number of rotatable bonds is 7. The third-order valence-electron chi connectivity index (χ3n) is 5.59. The van der Waals surface area contributed by atoms with E-state index < -0.39 is 69.7 Å². The summed E-state index contributed by atoms with van der Waals surface area (Å²) in [6.45, 7) is 1.93. The van der Waals surface area contributed by atoms with Gasteiger partial charge in [0.05, 0.1) is 5.92 Å². The maximum absolute atomic E-state index is 14.6. The number of hydrogen-bond acceptors (Lipinski definition) is 1. The molecule has 0 bridgehead atoms. The van der Waals surface area contributed by atoms with Crippen LogP contribution < -0.4 is 0 Å². The van der Waals surface area contributed by atoms with Crippen LogP contribution in [0.4, 0.5) is 43.9 Å². The molecule has 1 aliphatic carbocycles. The number of aryl methyl sites for hydroxylation is 1. The van der Waals surface area contributed by atoms with Gasteiger partial charge in [-0.1, -0.05) is 31.6 Å². The summed E-state index contributed by atoms with van der Waals surface area (Å²) < 4.78 is 142. The average molecular weight is 550 g/mol. The predicted octanol–water partition coefficient (Wildman–Crippen LogP) is 8.87. The van der Waals surface area contributed by atoms with Crippen LogP contribution in [0.15, 0.2) is 48.0 Å². The first-order valence-corrected chi connectivity index (χ1v) is 11.4. The molecule has 0 amide bonds. The molecule has 0 spiro atoms. The van der Waals surface area contributed by atoms with Crippen LogP contribution in [0.2, 0.25) is 0 Å². The van der Waals surface area contributed by atoms with Crippen molar-refractivity contribution in [2.24, 2.45) is 5.92 Å². The first kappa shape index (κ1) is 29.1. The van der Waals surface area contributed by atoms with Crippen LogP contribution in [0.1, 0.15) is 54.9 Å². The molecule has 0 radical (unpaired) electrons. The predicted molar refractivity (Wildman–Crippen MR) is 118 cm³/mol. The second-order valence-electron chi connectivity index (χ2n) is 8.52. The van der Waals surface area contributed by atoms with Crippen molar-refractivity contribution in [3.8, 4) is 11.8 Å². The first-order chi connectivity index (χ1) is 17.7. The molecule has 0 fully saturated rings. The zero-order chi connectivity index (χ0) is 28.3. The molecule has 0 aliphatic heterocycles. The normalized spacial score (nSPS) is 15.9. The maximum Gasteiger partial charge on any atom is 0.432 e. The fraction of sp³-hybridized carbons (Fsp3) is 0.333. The van der Waals surface area contributed by atoms with Crippen molar-refractivity contribution < 1.29 is 48.6 Å². The highest BCUT2D eigenvalue weighted by Crippen LogP contribution is 2.38. The minimum atomic E-state index is -5.27. The number of ether oxygens (including phenoxy) is 1. The van der Waals surface area contributed by atoms with Crippen molar-refractivity contribution in [2.75, 3.05) is 0 Å². The van der Waals surface area contributed by atoms with Crippen molar-refractivity contribution >= 4 is 0 Å². The fourth-order valence-electron chi connectivity index (χ4n) is 3.75. The lowest BCUT2D eigenvalue weighted by Crippen LogP contribution is -2.22. The SMILES string of the molecule is CCCCCc1cc(F)c(C(F)(F)OC2=CCC(C#Cc3cc(F)c(C(F)(F)F)c(F)c3)C(F)=C2)c(F)c1. The topological polar surface area (TPSA) is 9.23 Å². The minimum Gasteiger partial charge on any atom is -0.429 e. The lowest BCUT2D eigenvalue weighted by Gasteiger charge is -2.22.